The summed E-state index contributed by atoms with van der Waals surface area (Å²) in [6.07, 6.45) is 4.69. The highest BCUT2D eigenvalue weighted by Gasteiger charge is 2.36. The second-order valence-corrected chi connectivity index (χ2v) is 6.98. The summed E-state index contributed by atoms with van der Waals surface area (Å²) in [7, 11) is 1.75. The van der Waals surface area contributed by atoms with Crippen molar-refractivity contribution >= 4 is 16.9 Å². The Morgan fingerprint density at radius 1 is 1.17 bits per heavy atom. The summed E-state index contributed by atoms with van der Waals surface area (Å²) in [6.45, 7) is 2.31. The van der Waals surface area contributed by atoms with Gasteiger partial charge in [-0.2, -0.15) is 0 Å². The maximum absolute atomic E-state index is 12.5. The average Bonchev–Trinajstić information content (AvgIpc) is 3.11. The van der Waals surface area contributed by atoms with Crippen LogP contribution in [0, 0.1) is 0 Å². The number of aromatic nitrogens is 2. The van der Waals surface area contributed by atoms with Crippen LogP contribution in [0.3, 0.4) is 0 Å². The zero-order chi connectivity index (χ0) is 16.7. The first-order valence-electron chi connectivity index (χ1n) is 8.83. The number of carbonyl (C=O) groups is 1. The molecular formula is C18H24N4O2. The van der Waals surface area contributed by atoms with Crippen molar-refractivity contribution in [3.05, 3.63) is 34.7 Å². The van der Waals surface area contributed by atoms with Crippen LogP contribution in [-0.2, 0) is 18.4 Å². The predicted octanol–water partition coefficient (Wildman–Crippen LogP) is 1.08. The lowest BCUT2D eigenvalue weighted by atomic mass is 9.99. The molecule has 2 atom stereocenters. The van der Waals surface area contributed by atoms with Crippen molar-refractivity contribution < 1.29 is 4.79 Å². The van der Waals surface area contributed by atoms with Crippen LogP contribution in [0.1, 0.15) is 25.7 Å². The van der Waals surface area contributed by atoms with E-state index in [4.69, 9.17) is 0 Å². The van der Waals surface area contributed by atoms with Crippen LogP contribution in [-0.4, -0.2) is 45.1 Å². The molecule has 0 saturated carbocycles. The minimum absolute atomic E-state index is 0.0640. The maximum Gasteiger partial charge on any atom is 0.329 e. The Hall–Kier alpha value is -2.08. The van der Waals surface area contributed by atoms with Crippen molar-refractivity contribution in [2.24, 2.45) is 7.05 Å². The number of nitrogens with one attached hydrogen (secondary N) is 1. The van der Waals surface area contributed by atoms with E-state index < -0.39 is 0 Å². The zero-order valence-electron chi connectivity index (χ0n) is 14.1. The second-order valence-electron chi connectivity index (χ2n) is 6.98. The summed E-state index contributed by atoms with van der Waals surface area (Å²) < 4.78 is 3.17. The first-order chi connectivity index (χ1) is 11.6. The minimum Gasteiger partial charge on any atom is -0.350 e. The van der Waals surface area contributed by atoms with E-state index in [1.54, 1.807) is 16.2 Å². The Bertz CT molecular complexity index is 822. The van der Waals surface area contributed by atoms with Crippen LogP contribution in [0.2, 0.25) is 0 Å². The molecule has 0 bridgehead atoms. The van der Waals surface area contributed by atoms with E-state index in [0.717, 1.165) is 30.5 Å². The number of amides is 1. The number of nitrogens with zero attached hydrogens (tertiary/aromatic N) is 3. The Balaban J connectivity index is 1.51. The molecule has 24 heavy (non-hydrogen) atoms. The van der Waals surface area contributed by atoms with Crippen molar-refractivity contribution in [2.45, 2.75) is 44.3 Å². The molecule has 0 unspecified atom stereocenters. The standard InChI is InChI=1S/C18H24N4O2/c1-20-15-7-2-3-8-16(15)22(18(20)24)12-17(23)19-13-9-11-21-10-5-4-6-14(13)21/h2-3,7-8,13-14H,4-6,9-12H2,1H3,(H,19,23)/t13-,14+/m0/s1. The summed E-state index contributed by atoms with van der Waals surface area (Å²) in [5.74, 6) is -0.0640. The highest BCUT2D eigenvalue weighted by molar-refractivity contribution is 5.81. The number of hydrogen-bond acceptors (Lipinski definition) is 3. The molecule has 3 heterocycles. The Labute approximate surface area is 141 Å². The number of hydrogen-bond donors (Lipinski definition) is 1. The fraction of sp³-hybridized carbons (Fsp3) is 0.556. The third-order valence-electron chi connectivity index (χ3n) is 5.56. The molecule has 2 aromatic rings. The lowest BCUT2D eigenvalue weighted by Crippen LogP contribution is -2.48. The number of rotatable bonds is 3. The van der Waals surface area contributed by atoms with Crippen LogP contribution in [0.25, 0.3) is 11.0 Å². The number of imidazole rings is 1. The number of carbonyl (C=O) groups excluding carboxylic acids is 1. The molecule has 0 aliphatic carbocycles. The molecule has 0 radical (unpaired) electrons. The molecule has 1 aromatic carbocycles. The normalized spacial score (nSPS) is 24.2. The van der Waals surface area contributed by atoms with Gasteiger partial charge in [0.15, 0.2) is 0 Å². The van der Waals surface area contributed by atoms with E-state index in [2.05, 4.69) is 10.2 Å². The molecule has 2 saturated heterocycles. The smallest absolute Gasteiger partial charge is 0.329 e. The molecule has 2 aliphatic heterocycles. The molecule has 1 amide bonds. The largest absolute Gasteiger partial charge is 0.350 e. The summed E-state index contributed by atoms with van der Waals surface area (Å²) >= 11 is 0. The fourth-order valence-corrected chi connectivity index (χ4v) is 4.33. The van der Waals surface area contributed by atoms with Gasteiger partial charge >= 0.3 is 5.69 Å². The molecule has 6 heteroatoms. The number of piperidine rings is 1. The van der Waals surface area contributed by atoms with Crippen molar-refractivity contribution in [2.75, 3.05) is 13.1 Å². The summed E-state index contributed by atoms with van der Waals surface area (Å²) in [4.78, 5) is 27.5. The van der Waals surface area contributed by atoms with Gasteiger partial charge in [-0.05, 0) is 37.9 Å². The van der Waals surface area contributed by atoms with Gasteiger partial charge in [0.2, 0.25) is 5.91 Å². The lowest BCUT2D eigenvalue weighted by molar-refractivity contribution is -0.122. The maximum atomic E-state index is 12.5. The molecule has 2 fully saturated rings. The first-order valence-corrected chi connectivity index (χ1v) is 8.83. The quantitative estimate of drug-likeness (QED) is 0.917. The van der Waals surface area contributed by atoms with Gasteiger partial charge < -0.3 is 5.32 Å². The molecule has 0 spiro atoms. The number of fused-ring (bicyclic) bond motifs is 2. The topological polar surface area (TPSA) is 59.3 Å². The molecule has 2 aliphatic rings. The Morgan fingerprint density at radius 2 is 1.96 bits per heavy atom. The molecule has 6 nitrogen and oxygen atoms in total. The molecule has 4 rings (SSSR count). The molecule has 1 aromatic heterocycles. The zero-order valence-corrected chi connectivity index (χ0v) is 14.1. The second kappa shape index (κ2) is 6.09. The molecular weight excluding hydrogens is 304 g/mol. The van der Waals surface area contributed by atoms with Crippen LogP contribution in [0.15, 0.2) is 29.1 Å². The third-order valence-corrected chi connectivity index (χ3v) is 5.56. The van der Waals surface area contributed by atoms with E-state index >= 15 is 0 Å². The summed E-state index contributed by atoms with van der Waals surface area (Å²) in [5, 5.41) is 3.18. The summed E-state index contributed by atoms with van der Waals surface area (Å²) in [5.41, 5.74) is 1.53. The monoisotopic (exact) mass is 328 g/mol. The van der Waals surface area contributed by atoms with Gasteiger partial charge in [-0.25, -0.2) is 4.79 Å². The van der Waals surface area contributed by atoms with Crippen molar-refractivity contribution in [1.29, 1.82) is 0 Å². The van der Waals surface area contributed by atoms with Crippen LogP contribution >= 0.6 is 0 Å². The van der Waals surface area contributed by atoms with Crippen molar-refractivity contribution in [3.8, 4) is 0 Å². The van der Waals surface area contributed by atoms with Crippen LogP contribution in [0.4, 0.5) is 0 Å². The van der Waals surface area contributed by atoms with Crippen molar-refractivity contribution in [3.63, 3.8) is 0 Å². The van der Waals surface area contributed by atoms with Gasteiger partial charge in [0.1, 0.15) is 6.54 Å². The Morgan fingerprint density at radius 3 is 2.79 bits per heavy atom. The van der Waals surface area contributed by atoms with Gasteiger partial charge in [0.25, 0.3) is 0 Å². The van der Waals surface area contributed by atoms with E-state index in [0.29, 0.717) is 6.04 Å². The van der Waals surface area contributed by atoms with Crippen molar-refractivity contribution in [1.82, 2.24) is 19.4 Å². The van der Waals surface area contributed by atoms with E-state index in [1.807, 2.05) is 24.3 Å². The first kappa shape index (κ1) is 15.4. The minimum atomic E-state index is -0.142. The van der Waals surface area contributed by atoms with E-state index in [9.17, 15) is 9.59 Å². The van der Waals surface area contributed by atoms with Crippen LogP contribution in [0.5, 0.6) is 0 Å². The van der Waals surface area contributed by atoms with Gasteiger partial charge in [-0.3, -0.25) is 18.8 Å². The Kier molecular flexibility index (Phi) is 3.92. The highest BCUT2D eigenvalue weighted by atomic mass is 16.2. The van der Waals surface area contributed by atoms with Gasteiger partial charge in [0, 0.05) is 25.7 Å². The fourth-order valence-electron chi connectivity index (χ4n) is 4.33. The summed E-state index contributed by atoms with van der Waals surface area (Å²) in [6, 6.07) is 8.30. The SMILES string of the molecule is Cn1c(=O)n(CC(=O)N[C@H]2CCN3CCCC[C@H]23)c2ccccc21. The number of para-hydroxylation sites is 2. The highest BCUT2D eigenvalue weighted by Crippen LogP contribution is 2.27. The van der Waals surface area contributed by atoms with E-state index in [-0.39, 0.29) is 24.2 Å². The van der Waals surface area contributed by atoms with Gasteiger partial charge in [0.05, 0.1) is 11.0 Å². The average molecular weight is 328 g/mol. The third kappa shape index (κ3) is 2.55. The molecule has 1 N–H and O–H groups in total. The van der Waals surface area contributed by atoms with Gasteiger partial charge in [-0.1, -0.05) is 18.6 Å². The van der Waals surface area contributed by atoms with Crippen LogP contribution < -0.4 is 11.0 Å². The molecule has 128 valence electrons. The van der Waals surface area contributed by atoms with E-state index in [1.165, 1.54) is 19.3 Å². The number of benzene rings is 1. The van der Waals surface area contributed by atoms with Gasteiger partial charge in [-0.15, -0.1) is 0 Å². The lowest BCUT2D eigenvalue weighted by Gasteiger charge is -2.32. The number of aryl methyl sites for hydroxylation is 1. The predicted molar refractivity (Wildman–Crippen MR) is 92.9 cm³/mol.